The summed E-state index contributed by atoms with van der Waals surface area (Å²) < 4.78 is 6.49. The molecule has 0 aromatic heterocycles. The first-order valence-corrected chi connectivity index (χ1v) is 8.16. The number of hydrogen-bond acceptors (Lipinski definition) is 2. The maximum absolute atomic E-state index is 5.34. The van der Waals surface area contributed by atoms with Crippen LogP contribution in [0.4, 0.5) is 5.69 Å². The van der Waals surface area contributed by atoms with Gasteiger partial charge in [0.25, 0.3) is 0 Å². The highest BCUT2D eigenvalue weighted by molar-refractivity contribution is 9.10. The van der Waals surface area contributed by atoms with E-state index in [4.69, 9.17) is 4.74 Å². The Morgan fingerprint density at radius 1 is 1.19 bits per heavy atom. The monoisotopic (exact) mass is 345 g/mol. The first-order chi connectivity index (χ1) is 10.2. The smallest absolute Gasteiger partial charge is 0.119 e. The molecule has 0 bridgehead atoms. The molecule has 0 radical (unpaired) electrons. The van der Waals surface area contributed by atoms with E-state index < -0.39 is 0 Å². The van der Waals surface area contributed by atoms with Gasteiger partial charge in [-0.25, -0.2) is 0 Å². The summed E-state index contributed by atoms with van der Waals surface area (Å²) in [4.78, 5) is 0. The second-order valence-electron chi connectivity index (χ2n) is 5.62. The van der Waals surface area contributed by atoms with E-state index in [0.717, 1.165) is 16.6 Å². The molecule has 0 aliphatic heterocycles. The van der Waals surface area contributed by atoms with Crippen LogP contribution in [0.15, 0.2) is 40.9 Å². The van der Waals surface area contributed by atoms with Gasteiger partial charge in [-0.05, 0) is 67.1 Å². The van der Waals surface area contributed by atoms with Gasteiger partial charge in [-0.15, -0.1) is 0 Å². The molecule has 1 N–H and O–H groups in total. The lowest BCUT2D eigenvalue weighted by atomic mass is 9.87. The van der Waals surface area contributed by atoms with Crippen LogP contribution in [-0.4, -0.2) is 7.11 Å². The zero-order valence-electron chi connectivity index (χ0n) is 12.4. The molecule has 0 saturated heterocycles. The number of rotatable bonds is 3. The van der Waals surface area contributed by atoms with Crippen molar-refractivity contribution in [3.63, 3.8) is 0 Å². The van der Waals surface area contributed by atoms with Gasteiger partial charge in [0.1, 0.15) is 5.75 Å². The fourth-order valence-electron chi connectivity index (χ4n) is 2.95. The Morgan fingerprint density at radius 3 is 2.81 bits per heavy atom. The summed E-state index contributed by atoms with van der Waals surface area (Å²) in [5.41, 5.74) is 5.23. The highest BCUT2D eigenvalue weighted by Crippen LogP contribution is 2.35. The molecule has 2 aromatic rings. The molecule has 1 unspecified atom stereocenters. The lowest BCUT2D eigenvalue weighted by Crippen LogP contribution is -2.17. The van der Waals surface area contributed by atoms with E-state index in [1.807, 2.05) is 0 Å². The Hall–Kier alpha value is -1.48. The highest BCUT2D eigenvalue weighted by atomic mass is 79.9. The zero-order valence-corrected chi connectivity index (χ0v) is 14.0. The minimum atomic E-state index is 0.384. The Bertz CT molecular complexity index is 654. The van der Waals surface area contributed by atoms with Gasteiger partial charge in [0.15, 0.2) is 0 Å². The predicted octanol–water partition coefficient (Wildman–Crippen LogP) is 5.26. The maximum Gasteiger partial charge on any atom is 0.119 e. The van der Waals surface area contributed by atoms with Crippen LogP contribution in [0.5, 0.6) is 5.75 Å². The first-order valence-electron chi connectivity index (χ1n) is 7.37. The summed E-state index contributed by atoms with van der Waals surface area (Å²) in [5.74, 6) is 0.951. The Balaban J connectivity index is 1.86. The van der Waals surface area contributed by atoms with E-state index in [2.05, 4.69) is 64.6 Å². The molecule has 0 spiro atoms. The van der Waals surface area contributed by atoms with Gasteiger partial charge in [-0.1, -0.05) is 28.1 Å². The number of benzene rings is 2. The van der Waals surface area contributed by atoms with Gasteiger partial charge in [-0.3, -0.25) is 0 Å². The van der Waals surface area contributed by atoms with Crippen molar-refractivity contribution in [1.29, 1.82) is 0 Å². The van der Waals surface area contributed by atoms with Gasteiger partial charge in [0.2, 0.25) is 0 Å². The summed E-state index contributed by atoms with van der Waals surface area (Å²) in [6.45, 7) is 2.11. The third kappa shape index (κ3) is 3.08. The molecular formula is C18H20BrNO. The third-order valence-electron chi connectivity index (χ3n) is 4.18. The average molecular weight is 346 g/mol. The lowest BCUT2D eigenvalue weighted by Gasteiger charge is -2.28. The van der Waals surface area contributed by atoms with E-state index in [-0.39, 0.29) is 0 Å². The fourth-order valence-corrected chi connectivity index (χ4v) is 3.33. The van der Waals surface area contributed by atoms with Gasteiger partial charge in [-0.2, -0.15) is 0 Å². The van der Waals surface area contributed by atoms with Gasteiger partial charge in [0.05, 0.1) is 13.2 Å². The summed E-state index contributed by atoms with van der Waals surface area (Å²) in [7, 11) is 1.73. The molecular weight excluding hydrogens is 326 g/mol. The lowest BCUT2D eigenvalue weighted by molar-refractivity contribution is 0.413. The van der Waals surface area contributed by atoms with E-state index in [1.165, 1.54) is 35.2 Å². The van der Waals surface area contributed by atoms with Crippen LogP contribution < -0.4 is 10.1 Å². The SMILES string of the molecule is COc1ccc2c(c1)CCCC2Nc1ccc(C)c(Br)c1. The zero-order chi connectivity index (χ0) is 14.8. The van der Waals surface area contributed by atoms with Crippen LogP contribution in [0.2, 0.25) is 0 Å². The quantitative estimate of drug-likeness (QED) is 0.819. The molecule has 3 rings (SSSR count). The average Bonchev–Trinajstić information content (AvgIpc) is 2.50. The molecule has 0 heterocycles. The topological polar surface area (TPSA) is 21.3 Å². The van der Waals surface area contributed by atoms with Crippen molar-refractivity contribution in [3.05, 3.63) is 57.6 Å². The van der Waals surface area contributed by atoms with Crippen LogP contribution in [-0.2, 0) is 6.42 Å². The summed E-state index contributed by atoms with van der Waals surface area (Å²) >= 11 is 3.60. The number of anilines is 1. The second-order valence-corrected chi connectivity index (χ2v) is 6.47. The molecule has 1 atom stereocenters. The normalized spacial score (nSPS) is 17.2. The van der Waals surface area contributed by atoms with Crippen molar-refractivity contribution in [1.82, 2.24) is 0 Å². The van der Waals surface area contributed by atoms with Crippen LogP contribution in [0.25, 0.3) is 0 Å². The number of ether oxygens (including phenoxy) is 1. The number of aryl methyl sites for hydroxylation is 2. The maximum atomic E-state index is 5.34. The summed E-state index contributed by atoms with van der Waals surface area (Å²) in [5, 5.41) is 3.67. The van der Waals surface area contributed by atoms with Gasteiger partial charge < -0.3 is 10.1 Å². The number of methoxy groups -OCH3 is 1. The molecule has 0 amide bonds. The number of fused-ring (bicyclic) bond motifs is 1. The highest BCUT2D eigenvalue weighted by Gasteiger charge is 2.20. The molecule has 0 fully saturated rings. The molecule has 1 aliphatic carbocycles. The van der Waals surface area contributed by atoms with Gasteiger partial charge >= 0.3 is 0 Å². The number of nitrogens with one attached hydrogen (secondary N) is 1. The van der Waals surface area contributed by atoms with Crippen molar-refractivity contribution in [3.8, 4) is 5.75 Å². The standard InChI is InChI=1S/C18H20BrNO/c1-12-6-7-14(11-17(12)19)20-18-5-3-4-13-10-15(21-2)8-9-16(13)18/h6-11,18,20H,3-5H2,1-2H3. The molecule has 110 valence electrons. The van der Waals surface area contributed by atoms with E-state index in [1.54, 1.807) is 7.11 Å². The molecule has 1 aliphatic rings. The van der Waals surface area contributed by atoms with Crippen molar-refractivity contribution in [2.75, 3.05) is 12.4 Å². The van der Waals surface area contributed by atoms with Crippen molar-refractivity contribution < 1.29 is 4.74 Å². The fraction of sp³-hybridized carbons (Fsp3) is 0.333. The first kappa shape index (κ1) is 14.5. The molecule has 0 saturated carbocycles. The number of hydrogen-bond donors (Lipinski definition) is 1. The van der Waals surface area contributed by atoms with E-state index in [9.17, 15) is 0 Å². The minimum Gasteiger partial charge on any atom is -0.497 e. The van der Waals surface area contributed by atoms with Crippen molar-refractivity contribution in [2.24, 2.45) is 0 Å². The van der Waals surface area contributed by atoms with Crippen molar-refractivity contribution >= 4 is 21.6 Å². The summed E-state index contributed by atoms with van der Waals surface area (Å²) in [6, 6.07) is 13.3. The summed E-state index contributed by atoms with van der Waals surface area (Å²) in [6.07, 6.45) is 3.53. The number of halogens is 1. The second kappa shape index (κ2) is 6.10. The van der Waals surface area contributed by atoms with Gasteiger partial charge in [0, 0.05) is 10.2 Å². The largest absolute Gasteiger partial charge is 0.497 e. The molecule has 2 aromatic carbocycles. The van der Waals surface area contributed by atoms with Crippen LogP contribution in [0.3, 0.4) is 0 Å². The molecule has 2 nitrogen and oxygen atoms in total. The van der Waals surface area contributed by atoms with Crippen LogP contribution in [0.1, 0.15) is 35.6 Å². The Labute approximate surface area is 134 Å². The predicted molar refractivity (Wildman–Crippen MR) is 91.2 cm³/mol. The van der Waals surface area contributed by atoms with E-state index >= 15 is 0 Å². The Morgan fingerprint density at radius 2 is 2.05 bits per heavy atom. The molecule has 3 heteroatoms. The van der Waals surface area contributed by atoms with Crippen molar-refractivity contribution in [2.45, 2.75) is 32.2 Å². The van der Waals surface area contributed by atoms with E-state index in [0.29, 0.717) is 6.04 Å². The Kier molecular flexibility index (Phi) is 4.20. The van der Waals surface area contributed by atoms with Crippen LogP contribution >= 0.6 is 15.9 Å². The third-order valence-corrected chi connectivity index (χ3v) is 5.03. The molecule has 21 heavy (non-hydrogen) atoms. The van der Waals surface area contributed by atoms with Crippen LogP contribution in [0, 0.1) is 6.92 Å². The minimum absolute atomic E-state index is 0.384.